The Morgan fingerprint density at radius 3 is 2.15 bits per heavy atom. The van der Waals surface area contributed by atoms with Crippen molar-refractivity contribution in [2.75, 3.05) is 12.4 Å². The number of carbonyl (C=O) groups excluding carboxylic acids is 2. The second-order valence-electron chi connectivity index (χ2n) is 5.10. The van der Waals surface area contributed by atoms with Crippen molar-refractivity contribution in [2.24, 2.45) is 0 Å². The smallest absolute Gasteiger partial charge is 0.406 e. The number of hydrogen-bond donors (Lipinski definition) is 2. The molecule has 0 aliphatic heterocycles. The summed E-state index contributed by atoms with van der Waals surface area (Å²) in [5.74, 6) is -0.996. The number of rotatable bonds is 5. The van der Waals surface area contributed by atoms with Crippen molar-refractivity contribution < 1.29 is 27.5 Å². The van der Waals surface area contributed by atoms with Crippen molar-refractivity contribution in [1.29, 1.82) is 0 Å². The SMILES string of the molecule is CNC(=O)c1ccc(NC(=O)/C=C/c2ccc(OC(F)(F)F)cc2)cc1. The van der Waals surface area contributed by atoms with Gasteiger partial charge in [0.1, 0.15) is 5.75 Å². The van der Waals surface area contributed by atoms with Crippen molar-refractivity contribution in [1.82, 2.24) is 5.32 Å². The number of benzene rings is 2. The first-order valence-corrected chi connectivity index (χ1v) is 7.44. The lowest BCUT2D eigenvalue weighted by Gasteiger charge is -2.08. The van der Waals surface area contributed by atoms with Crippen LogP contribution in [0.5, 0.6) is 5.75 Å². The second kappa shape index (κ2) is 8.19. The monoisotopic (exact) mass is 364 g/mol. The summed E-state index contributed by atoms with van der Waals surface area (Å²) in [6.45, 7) is 0. The molecule has 2 aromatic rings. The summed E-state index contributed by atoms with van der Waals surface area (Å²) in [7, 11) is 1.52. The summed E-state index contributed by atoms with van der Waals surface area (Å²) >= 11 is 0. The predicted molar refractivity (Wildman–Crippen MR) is 90.6 cm³/mol. The Morgan fingerprint density at radius 1 is 1.00 bits per heavy atom. The first kappa shape index (κ1) is 19.0. The third-order valence-electron chi connectivity index (χ3n) is 3.18. The fraction of sp³-hybridized carbons (Fsp3) is 0.111. The van der Waals surface area contributed by atoms with Crippen LogP contribution in [-0.4, -0.2) is 25.2 Å². The van der Waals surface area contributed by atoms with Gasteiger partial charge >= 0.3 is 6.36 Å². The number of carbonyl (C=O) groups is 2. The van der Waals surface area contributed by atoms with E-state index >= 15 is 0 Å². The molecule has 2 rings (SSSR count). The van der Waals surface area contributed by atoms with Gasteiger partial charge in [0.15, 0.2) is 0 Å². The van der Waals surface area contributed by atoms with Crippen molar-refractivity contribution >= 4 is 23.6 Å². The van der Waals surface area contributed by atoms with E-state index in [1.165, 1.54) is 31.3 Å². The molecule has 5 nitrogen and oxygen atoms in total. The average Bonchev–Trinajstić information content (AvgIpc) is 2.60. The van der Waals surface area contributed by atoms with Gasteiger partial charge in [-0.3, -0.25) is 9.59 Å². The van der Waals surface area contributed by atoms with Crippen LogP contribution in [-0.2, 0) is 4.79 Å². The molecule has 0 saturated carbocycles. The molecule has 0 aliphatic rings. The molecule has 8 heteroatoms. The zero-order chi connectivity index (χ0) is 19.2. The Hall–Kier alpha value is -3.29. The van der Waals surface area contributed by atoms with E-state index in [1.54, 1.807) is 24.3 Å². The topological polar surface area (TPSA) is 67.4 Å². The third kappa shape index (κ3) is 5.97. The molecule has 0 fully saturated rings. The van der Waals surface area contributed by atoms with Crippen LogP contribution in [0.3, 0.4) is 0 Å². The van der Waals surface area contributed by atoms with E-state index in [0.717, 1.165) is 12.1 Å². The van der Waals surface area contributed by atoms with Crippen molar-refractivity contribution in [2.45, 2.75) is 6.36 Å². The van der Waals surface area contributed by atoms with Crippen molar-refractivity contribution in [3.05, 3.63) is 65.7 Å². The number of ether oxygens (including phenoxy) is 1. The summed E-state index contributed by atoms with van der Waals surface area (Å²) < 4.78 is 40.0. The van der Waals surface area contributed by atoms with Crippen LogP contribution in [0, 0.1) is 0 Å². The molecule has 0 radical (unpaired) electrons. The Kier molecular flexibility index (Phi) is 6.00. The van der Waals surface area contributed by atoms with Gasteiger partial charge in [0, 0.05) is 24.4 Å². The summed E-state index contributed by atoms with van der Waals surface area (Å²) in [5.41, 5.74) is 1.49. The number of hydrogen-bond acceptors (Lipinski definition) is 3. The Morgan fingerprint density at radius 2 is 1.62 bits per heavy atom. The number of nitrogens with one attached hydrogen (secondary N) is 2. The van der Waals surface area contributed by atoms with Gasteiger partial charge in [-0.2, -0.15) is 0 Å². The van der Waals surface area contributed by atoms with Crippen LogP contribution in [0.25, 0.3) is 6.08 Å². The van der Waals surface area contributed by atoms with Gasteiger partial charge in [0.2, 0.25) is 5.91 Å². The quantitative estimate of drug-likeness (QED) is 0.797. The Bertz CT molecular complexity index is 798. The van der Waals surface area contributed by atoms with Crippen LogP contribution in [0.1, 0.15) is 15.9 Å². The summed E-state index contributed by atoms with van der Waals surface area (Å²) in [4.78, 5) is 23.3. The van der Waals surface area contributed by atoms with Crippen LogP contribution >= 0.6 is 0 Å². The molecule has 0 aliphatic carbocycles. The maximum atomic E-state index is 12.1. The van der Waals surface area contributed by atoms with Crippen LogP contribution in [0.4, 0.5) is 18.9 Å². The van der Waals surface area contributed by atoms with E-state index in [4.69, 9.17) is 0 Å². The van der Waals surface area contributed by atoms with E-state index in [1.807, 2.05) is 0 Å². The zero-order valence-electron chi connectivity index (χ0n) is 13.6. The van der Waals surface area contributed by atoms with E-state index in [2.05, 4.69) is 15.4 Å². The van der Waals surface area contributed by atoms with Gasteiger partial charge in [-0.25, -0.2) is 0 Å². The minimum atomic E-state index is -4.75. The highest BCUT2D eigenvalue weighted by Crippen LogP contribution is 2.23. The number of amides is 2. The van der Waals surface area contributed by atoms with Crippen molar-refractivity contribution in [3.8, 4) is 5.75 Å². The van der Waals surface area contributed by atoms with E-state index in [9.17, 15) is 22.8 Å². The molecular weight excluding hydrogens is 349 g/mol. The fourth-order valence-electron chi connectivity index (χ4n) is 1.99. The van der Waals surface area contributed by atoms with Crippen molar-refractivity contribution in [3.63, 3.8) is 0 Å². The summed E-state index contributed by atoms with van der Waals surface area (Å²) in [6, 6.07) is 11.4. The van der Waals surface area contributed by atoms with Gasteiger partial charge < -0.3 is 15.4 Å². The molecular formula is C18H15F3N2O3. The highest BCUT2D eigenvalue weighted by atomic mass is 19.4. The second-order valence-corrected chi connectivity index (χ2v) is 5.10. The highest BCUT2D eigenvalue weighted by molar-refractivity contribution is 6.02. The standard InChI is InChI=1S/C18H15F3N2O3/c1-22-17(25)13-5-7-14(8-6-13)23-16(24)11-4-12-2-9-15(10-3-12)26-18(19,20)21/h2-11H,1H3,(H,22,25)(H,23,24)/b11-4+. The molecule has 2 aromatic carbocycles. The highest BCUT2D eigenvalue weighted by Gasteiger charge is 2.30. The first-order chi connectivity index (χ1) is 12.3. The summed E-state index contributed by atoms with van der Waals surface area (Å²) in [5, 5.41) is 5.10. The maximum Gasteiger partial charge on any atom is 0.573 e. The van der Waals surface area contributed by atoms with Gasteiger partial charge in [-0.15, -0.1) is 13.2 Å². The third-order valence-corrected chi connectivity index (χ3v) is 3.18. The fourth-order valence-corrected chi connectivity index (χ4v) is 1.99. The molecule has 136 valence electrons. The molecule has 26 heavy (non-hydrogen) atoms. The Balaban J connectivity index is 1.93. The summed E-state index contributed by atoms with van der Waals surface area (Å²) in [6.07, 6.45) is -2.05. The molecule has 0 atom stereocenters. The first-order valence-electron chi connectivity index (χ1n) is 7.44. The molecule has 0 saturated heterocycles. The molecule has 2 amide bonds. The molecule has 0 unspecified atom stereocenters. The molecule has 0 spiro atoms. The van der Waals surface area contributed by atoms with Gasteiger partial charge in [0.05, 0.1) is 0 Å². The lowest BCUT2D eigenvalue weighted by atomic mass is 10.2. The van der Waals surface area contributed by atoms with Gasteiger partial charge in [-0.05, 0) is 48.0 Å². The number of halogens is 3. The van der Waals surface area contributed by atoms with Gasteiger partial charge in [0.25, 0.3) is 5.91 Å². The molecule has 2 N–H and O–H groups in total. The molecule has 0 heterocycles. The Labute approximate surface area is 147 Å². The van der Waals surface area contributed by atoms with Gasteiger partial charge in [-0.1, -0.05) is 12.1 Å². The van der Waals surface area contributed by atoms with Crippen LogP contribution in [0.15, 0.2) is 54.6 Å². The largest absolute Gasteiger partial charge is 0.573 e. The number of anilines is 1. The molecule has 0 aromatic heterocycles. The van der Waals surface area contributed by atoms with E-state index in [-0.39, 0.29) is 11.7 Å². The predicted octanol–water partition coefficient (Wildman–Crippen LogP) is 3.60. The lowest BCUT2D eigenvalue weighted by molar-refractivity contribution is -0.274. The number of alkyl halides is 3. The minimum Gasteiger partial charge on any atom is -0.406 e. The minimum absolute atomic E-state index is 0.235. The lowest BCUT2D eigenvalue weighted by Crippen LogP contribution is -2.17. The van der Waals surface area contributed by atoms with Crippen LogP contribution in [0.2, 0.25) is 0 Å². The zero-order valence-corrected chi connectivity index (χ0v) is 13.6. The normalized spacial score (nSPS) is 11.2. The molecule has 0 bridgehead atoms. The maximum absolute atomic E-state index is 12.1. The van der Waals surface area contributed by atoms with E-state index in [0.29, 0.717) is 16.8 Å². The van der Waals surface area contributed by atoms with E-state index < -0.39 is 12.3 Å². The average molecular weight is 364 g/mol. The van der Waals surface area contributed by atoms with Crippen LogP contribution < -0.4 is 15.4 Å².